The Labute approximate surface area is 203 Å². The summed E-state index contributed by atoms with van der Waals surface area (Å²) < 4.78 is 44.3. The van der Waals surface area contributed by atoms with E-state index in [0.29, 0.717) is 4.68 Å². The van der Waals surface area contributed by atoms with Crippen LogP contribution in [0.15, 0.2) is 55.2 Å². The molecule has 4 N–H and O–H groups in total. The van der Waals surface area contributed by atoms with Gasteiger partial charge in [0.1, 0.15) is 5.69 Å². The zero-order valence-electron chi connectivity index (χ0n) is 17.8. The number of pyridine rings is 2. The maximum absolute atomic E-state index is 14.2. The van der Waals surface area contributed by atoms with Crippen LogP contribution in [0.4, 0.5) is 18.9 Å². The van der Waals surface area contributed by atoms with Gasteiger partial charge in [0.25, 0.3) is 5.91 Å². The number of aliphatic hydroxyl groups excluding tert-OH is 1. The fourth-order valence-corrected chi connectivity index (χ4v) is 3.86. The molecule has 0 aliphatic carbocycles. The molecule has 0 aliphatic rings. The van der Waals surface area contributed by atoms with Gasteiger partial charge in [-0.15, -0.1) is 4.80 Å². The van der Waals surface area contributed by atoms with Crippen molar-refractivity contribution >= 4 is 28.7 Å². The predicted molar refractivity (Wildman–Crippen MR) is 119 cm³/mol. The van der Waals surface area contributed by atoms with E-state index < -0.39 is 29.6 Å². The van der Waals surface area contributed by atoms with Crippen LogP contribution in [0, 0.1) is 0 Å². The minimum absolute atomic E-state index is 0.0282. The van der Waals surface area contributed by atoms with Crippen molar-refractivity contribution in [3.05, 3.63) is 77.2 Å². The van der Waals surface area contributed by atoms with E-state index in [2.05, 4.69) is 30.7 Å². The molecular formula is C20H14ClF3N10O2. The van der Waals surface area contributed by atoms with E-state index >= 15 is 0 Å². The second-order valence-electron chi connectivity index (χ2n) is 7.35. The van der Waals surface area contributed by atoms with Gasteiger partial charge in [-0.1, -0.05) is 11.6 Å². The maximum Gasteiger partial charge on any atom is 0.433 e. The first kappa shape index (κ1) is 23.3. The summed E-state index contributed by atoms with van der Waals surface area (Å²) in [5.74, 6) is -0.622. The lowest BCUT2D eigenvalue weighted by Crippen LogP contribution is -2.21. The molecule has 0 radical (unpaired) electrons. The number of halogens is 4. The van der Waals surface area contributed by atoms with E-state index in [1.54, 1.807) is 0 Å². The Morgan fingerprint density at radius 2 is 1.83 bits per heavy atom. The van der Waals surface area contributed by atoms with Crippen molar-refractivity contribution in [1.29, 1.82) is 0 Å². The Balaban J connectivity index is 1.53. The summed E-state index contributed by atoms with van der Waals surface area (Å²) in [6, 6.07) is 5.25. The molecule has 16 heteroatoms. The second kappa shape index (κ2) is 8.62. The van der Waals surface area contributed by atoms with Gasteiger partial charge >= 0.3 is 6.18 Å². The lowest BCUT2D eigenvalue weighted by atomic mass is 10.2. The molecule has 5 aromatic rings. The number of rotatable bonds is 6. The number of hydrogen-bond donors (Lipinski definition) is 3. The van der Waals surface area contributed by atoms with E-state index in [1.807, 2.05) is 0 Å². The summed E-state index contributed by atoms with van der Waals surface area (Å²) in [5, 5.41) is 28.9. The third-order valence-electron chi connectivity index (χ3n) is 5.11. The molecular weight excluding hydrogens is 505 g/mol. The highest BCUT2D eigenvalue weighted by molar-refractivity contribution is 6.32. The van der Waals surface area contributed by atoms with Crippen molar-refractivity contribution in [2.24, 2.45) is 5.73 Å². The molecule has 0 fully saturated rings. The average Bonchev–Trinajstić information content (AvgIpc) is 3.58. The minimum Gasteiger partial charge on any atom is -0.369 e. The molecule has 1 atom stereocenters. The van der Waals surface area contributed by atoms with Crippen LogP contribution >= 0.6 is 11.6 Å². The van der Waals surface area contributed by atoms with E-state index in [9.17, 15) is 23.1 Å². The van der Waals surface area contributed by atoms with Crippen LogP contribution in [0.3, 0.4) is 0 Å². The highest BCUT2D eigenvalue weighted by Gasteiger charge is 2.41. The van der Waals surface area contributed by atoms with Crippen LogP contribution < -0.4 is 11.1 Å². The van der Waals surface area contributed by atoms with Gasteiger partial charge in [-0.05, 0) is 24.3 Å². The van der Waals surface area contributed by atoms with Crippen LogP contribution in [0.5, 0.6) is 0 Å². The number of nitrogens with zero attached hydrogens (tertiary/aromatic N) is 8. The number of aliphatic hydroxyl groups is 1. The van der Waals surface area contributed by atoms with Crippen molar-refractivity contribution in [2.75, 3.05) is 5.32 Å². The minimum atomic E-state index is -4.92. The molecule has 0 saturated carbocycles. The molecule has 1 amide bonds. The second-order valence-corrected chi connectivity index (χ2v) is 7.76. The van der Waals surface area contributed by atoms with Gasteiger partial charge in [-0.25, -0.2) is 14.2 Å². The molecule has 0 aliphatic heterocycles. The van der Waals surface area contributed by atoms with Crippen LogP contribution in [0.25, 0.3) is 17.0 Å². The van der Waals surface area contributed by atoms with Gasteiger partial charge in [0.05, 0.1) is 58.5 Å². The smallest absolute Gasteiger partial charge is 0.369 e. The van der Waals surface area contributed by atoms with E-state index in [4.69, 9.17) is 17.3 Å². The van der Waals surface area contributed by atoms with Crippen molar-refractivity contribution in [2.45, 2.75) is 12.4 Å². The Bertz CT molecular complexity index is 1580. The van der Waals surface area contributed by atoms with Gasteiger partial charge in [0.2, 0.25) is 0 Å². The quantitative estimate of drug-likeness (QED) is 0.289. The number of amides is 1. The molecule has 36 heavy (non-hydrogen) atoms. The largest absolute Gasteiger partial charge is 0.433 e. The summed E-state index contributed by atoms with van der Waals surface area (Å²) in [7, 11) is 0. The SMILES string of the molecule is NC(=O)c1ccc(-n2ncc(C(O)Nc3cnc(-n4nccn4)c(Cl)c3)c2C(F)(F)F)c2ccnn12. The van der Waals surface area contributed by atoms with Crippen LogP contribution in [0.1, 0.15) is 28.0 Å². The first-order valence-corrected chi connectivity index (χ1v) is 10.4. The zero-order chi connectivity index (χ0) is 25.6. The molecule has 0 bridgehead atoms. The van der Waals surface area contributed by atoms with Gasteiger partial charge < -0.3 is 16.2 Å². The van der Waals surface area contributed by atoms with Crippen LogP contribution in [0.2, 0.25) is 5.02 Å². The van der Waals surface area contributed by atoms with Crippen molar-refractivity contribution in [1.82, 2.24) is 39.4 Å². The zero-order valence-corrected chi connectivity index (χ0v) is 18.6. The molecule has 0 aromatic carbocycles. The Kier molecular flexibility index (Phi) is 5.57. The number of nitrogens with two attached hydrogens (primary N) is 1. The molecule has 12 nitrogen and oxygen atoms in total. The molecule has 5 aromatic heterocycles. The summed E-state index contributed by atoms with van der Waals surface area (Å²) in [4.78, 5) is 16.9. The molecule has 0 saturated heterocycles. The van der Waals surface area contributed by atoms with Crippen LogP contribution in [-0.2, 0) is 6.18 Å². The highest BCUT2D eigenvalue weighted by atomic mass is 35.5. The monoisotopic (exact) mass is 518 g/mol. The standard InChI is InChI=1S/C20H14ClF3N10O2/c21-12-7-10(8-26-18(12)34-28-5-6-29-34)31-19(36)11-9-30-33(16(11)20(22,23)24)13-1-2-15(17(25)35)32-14(13)3-4-27-32/h1-9,19,31,36H,(H2,25,35). The summed E-state index contributed by atoms with van der Waals surface area (Å²) in [6.07, 6.45) is -0.478. The highest BCUT2D eigenvalue weighted by Crippen LogP contribution is 2.37. The number of nitrogens with one attached hydrogen (secondary N) is 1. The number of alkyl halides is 3. The summed E-state index contributed by atoms with van der Waals surface area (Å²) in [6.45, 7) is 0. The Morgan fingerprint density at radius 1 is 1.08 bits per heavy atom. The fourth-order valence-electron chi connectivity index (χ4n) is 3.61. The first-order chi connectivity index (χ1) is 17.1. The third-order valence-corrected chi connectivity index (χ3v) is 5.39. The number of primary amides is 1. The Morgan fingerprint density at radius 3 is 2.50 bits per heavy atom. The van der Waals surface area contributed by atoms with Gasteiger partial charge in [0, 0.05) is 0 Å². The number of carbonyl (C=O) groups is 1. The number of fused-ring (bicyclic) bond motifs is 1. The normalized spacial score (nSPS) is 12.7. The topological polar surface area (TPSA) is 154 Å². The van der Waals surface area contributed by atoms with Gasteiger partial charge in [0.15, 0.2) is 17.7 Å². The average molecular weight is 519 g/mol. The lowest BCUT2D eigenvalue weighted by Gasteiger charge is -2.18. The fraction of sp³-hybridized carbons (Fsp3) is 0.100. The van der Waals surface area contributed by atoms with E-state index in [1.165, 1.54) is 49.1 Å². The summed E-state index contributed by atoms with van der Waals surface area (Å²) >= 11 is 6.20. The Hall–Kier alpha value is -4.50. The molecule has 184 valence electrons. The molecule has 5 heterocycles. The van der Waals surface area contributed by atoms with Gasteiger partial charge in [-0.3, -0.25) is 4.79 Å². The van der Waals surface area contributed by atoms with Crippen molar-refractivity contribution in [3.63, 3.8) is 0 Å². The maximum atomic E-state index is 14.2. The van der Waals surface area contributed by atoms with E-state index in [-0.39, 0.29) is 33.4 Å². The number of anilines is 1. The summed E-state index contributed by atoms with van der Waals surface area (Å²) in [5.41, 5.74) is 3.73. The van der Waals surface area contributed by atoms with Crippen molar-refractivity contribution in [3.8, 4) is 11.5 Å². The van der Waals surface area contributed by atoms with E-state index in [0.717, 1.165) is 15.5 Å². The third kappa shape index (κ3) is 3.99. The number of aromatic nitrogens is 8. The van der Waals surface area contributed by atoms with Crippen molar-refractivity contribution < 1.29 is 23.1 Å². The molecule has 1 unspecified atom stereocenters. The molecule has 5 rings (SSSR count). The number of carbonyl (C=O) groups excluding carboxylic acids is 1. The predicted octanol–water partition coefficient (Wildman–Crippen LogP) is 2.37. The van der Waals surface area contributed by atoms with Crippen LogP contribution in [-0.4, -0.2) is 50.4 Å². The first-order valence-electron chi connectivity index (χ1n) is 10.0. The number of hydrogen-bond acceptors (Lipinski definition) is 8. The molecule has 0 spiro atoms. The van der Waals surface area contributed by atoms with Gasteiger partial charge in [-0.2, -0.15) is 33.6 Å². The lowest BCUT2D eigenvalue weighted by molar-refractivity contribution is -0.144.